The van der Waals surface area contributed by atoms with E-state index in [2.05, 4.69) is 4.98 Å². The Bertz CT molecular complexity index is 884. The zero-order valence-electron chi connectivity index (χ0n) is 11.9. The Morgan fingerprint density at radius 2 is 2.21 bits per heavy atom. The fourth-order valence-electron chi connectivity index (χ4n) is 2.30. The molecule has 0 fully saturated rings. The molecule has 0 radical (unpaired) electrons. The lowest BCUT2D eigenvalue weighted by Crippen LogP contribution is -2.36. The first-order chi connectivity index (χ1) is 11.3. The van der Waals surface area contributed by atoms with E-state index >= 15 is 0 Å². The van der Waals surface area contributed by atoms with Crippen molar-refractivity contribution in [2.24, 2.45) is 0 Å². The number of aliphatic hydroxyl groups is 1. The molecule has 1 aliphatic heterocycles. The number of ether oxygens (including phenoxy) is 1. The van der Waals surface area contributed by atoms with Gasteiger partial charge in [-0.15, -0.1) is 15.6 Å². The lowest BCUT2D eigenvalue weighted by molar-refractivity contribution is 0.114. The number of carbonyl (C=O) groups is 1. The molecular formula is C13H11FN2O6S2. The lowest BCUT2D eigenvalue weighted by atomic mass is 10.0. The van der Waals surface area contributed by atoms with Crippen molar-refractivity contribution in [3.63, 3.8) is 0 Å². The van der Waals surface area contributed by atoms with Crippen LogP contribution < -0.4 is 9.04 Å². The normalized spacial score (nSPS) is 17.0. The van der Waals surface area contributed by atoms with E-state index in [1.165, 1.54) is 10.9 Å². The van der Waals surface area contributed by atoms with Crippen molar-refractivity contribution in [2.45, 2.75) is 17.4 Å². The first kappa shape index (κ1) is 16.6. The van der Waals surface area contributed by atoms with Gasteiger partial charge >= 0.3 is 6.09 Å². The molecule has 1 aromatic heterocycles. The Morgan fingerprint density at radius 3 is 2.83 bits per heavy atom. The molecule has 0 saturated heterocycles. The third-order valence-electron chi connectivity index (χ3n) is 3.39. The molecule has 128 valence electrons. The Kier molecular flexibility index (Phi) is 4.15. The summed E-state index contributed by atoms with van der Waals surface area (Å²) in [6, 6.07) is 1.72. The average molecular weight is 374 g/mol. The molecule has 1 atom stereocenters. The van der Waals surface area contributed by atoms with Crippen LogP contribution in [0.5, 0.6) is 5.75 Å². The summed E-state index contributed by atoms with van der Waals surface area (Å²) in [5.74, 6) is -1.54. The van der Waals surface area contributed by atoms with Crippen molar-refractivity contribution in [1.29, 1.82) is 0 Å². The maximum atomic E-state index is 14.3. The highest BCUT2D eigenvalue weighted by Crippen LogP contribution is 2.36. The summed E-state index contributed by atoms with van der Waals surface area (Å²) >= 11 is 0.992. The van der Waals surface area contributed by atoms with Crippen LogP contribution in [0.25, 0.3) is 0 Å². The smallest absolute Gasteiger partial charge is 0.427 e. The number of amides is 1. The number of hydrogen-bond donors (Lipinski definition) is 2. The summed E-state index contributed by atoms with van der Waals surface area (Å²) in [6.45, 7) is 0.133. The topological polar surface area (TPSA) is 117 Å². The number of sulfonamides is 1. The Hall–Kier alpha value is -2.24. The van der Waals surface area contributed by atoms with Gasteiger partial charge in [0.25, 0.3) is 10.0 Å². The summed E-state index contributed by atoms with van der Waals surface area (Å²) < 4.78 is 44.8. The molecule has 1 aliphatic rings. The van der Waals surface area contributed by atoms with Crippen LogP contribution in [0.4, 0.5) is 15.0 Å². The van der Waals surface area contributed by atoms with Gasteiger partial charge in [-0.2, -0.15) is 0 Å². The van der Waals surface area contributed by atoms with Crippen LogP contribution in [0, 0.1) is 5.82 Å². The zero-order valence-corrected chi connectivity index (χ0v) is 13.6. The zero-order chi connectivity index (χ0) is 17.5. The number of fused-ring (bicyclic) bond motifs is 1. The lowest BCUT2D eigenvalue weighted by Gasteiger charge is -2.24. The van der Waals surface area contributed by atoms with Gasteiger partial charge < -0.3 is 14.9 Å². The third kappa shape index (κ3) is 2.70. The molecule has 3 rings (SSSR count). The van der Waals surface area contributed by atoms with Crippen LogP contribution in [0.15, 0.2) is 27.9 Å². The Morgan fingerprint density at radius 1 is 1.46 bits per heavy atom. The number of hydrogen-bond acceptors (Lipinski definition) is 7. The highest BCUT2D eigenvalue weighted by Gasteiger charge is 2.36. The number of aromatic nitrogens is 1. The fourth-order valence-corrected chi connectivity index (χ4v) is 4.19. The molecule has 0 aliphatic carbocycles. The molecule has 24 heavy (non-hydrogen) atoms. The van der Waals surface area contributed by atoms with E-state index in [0.717, 1.165) is 23.5 Å². The minimum Gasteiger partial charge on any atom is -0.493 e. The number of aliphatic hydroxyl groups excluding tert-OH is 1. The van der Waals surface area contributed by atoms with E-state index in [1.807, 2.05) is 0 Å². The second kappa shape index (κ2) is 6.00. The van der Waals surface area contributed by atoms with Crippen molar-refractivity contribution < 1.29 is 32.6 Å². The standard InChI is InChI=1S/C13H11FN2O6S2/c14-8-3-7-9(17)1-2-22-10(7)4-11(8)24(20,21)16(13(18)19)12-5-23-6-15-12/h3-6,9,17H,1-2H2,(H,18,19)/t9-/m1/s1. The van der Waals surface area contributed by atoms with Crippen LogP contribution in [0.2, 0.25) is 0 Å². The largest absolute Gasteiger partial charge is 0.493 e. The fraction of sp³-hybridized carbons (Fsp3) is 0.231. The number of carboxylic acid groups (broad SMARTS) is 1. The predicted octanol–water partition coefficient (Wildman–Crippen LogP) is 1.97. The molecule has 2 N–H and O–H groups in total. The predicted molar refractivity (Wildman–Crippen MR) is 81.3 cm³/mol. The molecular weight excluding hydrogens is 363 g/mol. The van der Waals surface area contributed by atoms with Crippen LogP contribution >= 0.6 is 11.3 Å². The van der Waals surface area contributed by atoms with Gasteiger partial charge in [0.05, 0.1) is 18.2 Å². The van der Waals surface area contributed by atoms with Crippen molar-refractivity contribution >= 4 is 33.3 Å². The number of halogens is 1. The van der Waals surface area contributed by atoms with Crippen LogP contribution in [-0.4, -0.2) is 36.3 Å². The van der Waals surface area contributed by atoms with Crippen LogP contribution in [0.3, 0.4) is 0 Å². The second-order valence-electron chi connectivity index (χ2n) is 4.87. The molecule has 0 unspecified atom stereocenters. The van der Waals surface area contributed by atoms with Crippen molar-refractivity contribution in [3.8, 4) is 5.75 Å². The van der Waals surface area contributed by atoms with E-state index in [4.69, 9.17) is 4.74 Å². The maximum Gasteiger partial charge on any atom is 0.427 e. The number of benzene rings is 1. The van der Waals surface area contributed by atoms with Crippen LogP contribution in [-0.2, 0) is 10.0 Å². The van der Waals surface area contributed by atoms with Gasteiger partial charge in [0.1, 0.15) is 16.5 Å². The van der Waals surface area contributed by atoms with Gasteiger partial charge in [-0.3, -0.25) is 0 Å². The summed E-state index contributed by atoms with van der Waals surface area (Å²) in [6.07, 6.45) is -2.55. The van der Waals surface area contributed by atoms with E-state index in [0.29, 0.717) is 0 Å². The Labute approximate surface area is 139 Å². The molecule has 0 spiro atoms. The van der Waals surface area contributed by atoms with Gasteiger partial charge in [0.2, 0.25) is 0 Å². The molecule has 11 heteroatoms. The van der Waals surface area contributed by atoms with E-state index in [9.17, 15) is 27.8 Å². The number of nitrogens with zero attached hydrogens (tertiary/aromatic N) is 2. The number of rotatable bonds is 3. The molecule has 0 saturated carbocycles. The van der Waals surface area contributed by atoms with E-state index < -0.39 is 32.9 Å². The summed E-state index contributed by atoms with van der Waals surface area (Å²) in [7, 11) is -4.76. The second-order valence-corrected chi connectivity index (χ2v) is 7.35. The highest BCUT2D eigenvalue weighted by atomic mass is 32.2. The minimum absolute atomic E-state index is 0.00246. The summed E-state index contributed by atoms with van der Waals surface area (Å²) in [4.78, 5) is 14.2. The summed E-state index contributed by atoms with van der Waals surface area (Å²) in [5, 5.41) is 20.3. The van der Waals surface area contributed by atoms with Crippen LogP contribution in [0.1, 0.15) is 18.1 Å². The average Bonchev–Trinajstić information content (AvgIpc) is 3.00. The Balaban J connectivity index is 2.14. The van der Waals surface area contributed by atoms with Gasteiger partial charge in [0.15, 0.2) is 5.82 Å². The van der Waals surface area contributed by atoms with Gasteiger partial charge in [-0.25, -0.2) is 22.6 Å². The summed E-state index contributed by atoms with van der Waals surface area (Å²) in [5.41, 5.74) is 1.37. The van der Waals surface area contributed by atoms with Gasteiger partial charge in [0, 0.05) is 23.4 Å². The number of thiazole rings is 1. The minimum atomic E-state index is -4.76. The van der Waals surface area contributed by atoms with E-state index in [1.54, 1.807) is 0 Å². The molecule has 1 amide bonds. The van der Waals surface area contributed by atoms with Gasteiger partial charge in [-0.05, 0) is 6.07 Å². The third-order valence-corrected chi connectivity index (χ3v) is 5.66. The molecule has 0 bridgehead atoms. The quantitative estimate of drug-likeness (QED) is 0.843. The molecule has 2 aromatic rings. The molecule has 8 nitrogen and oxygen atoms in total. The monoisotopic (exact) mass is 374 g/mol. The van der Waals surface area contributed by atoms with Crippen molar-refractivity contribution in [3.05, 3.63) is 34.4 Å². The first-order valence-corrected chi connectivity index (χ1v) is 9.01. The molecule has 2 heterocycles. The maximum absolute atomic E-state index is 14.3. The van der Waals surface area contributed by atoms with E-state index in [-0.39, 0.29) is 34.5 Å². The SMILES string of the molecule is O=C(O)N(c1cscn1)S(=O)(=O)c1cc2c(cc1F)[C@H](O)CCO2. The van der Waals surface area contributed by atoms with Crippen molar-refractivity contribution in [2.75, 3.05) is 10.9 Å². The first-order valence-electron chi connectivity index (χ1n) is 6.63. The van der Waals surface area contributed by atoms with Crippen molar-refractivity contribution in [1.82, 2.24) is 4.98 Å². The molecule has 1 aromatic carbocycles. The number of anilines is 1. The van der Waals surface area contributed by atoms with Gasteiger partial charge in [-0.1, -0.05) is 0 Å². The highest BCUT2D eigenvalue weighted by molar-refractivity contribution is 7.93.